The largest absolute Gasteiger partial charge is 0.376 e. The second-order valence-electron chi connectivity index (χ2n) is 5.90. The van der Waals surface area contributed by atoms with Crippen LogP contribution >= 0.6 is 0 Å². The molecular formula is C14H24N2O2. The van der Waals surface area contributed by atoms with Crippen molar-refractivity contribution >= 4 is 5.91 Å². The zero-order chi connectivity index (χ0) is 12.4. The number of amides is 1. The minimum atomic E-state index is 0.276. The molecule has 0 bridgehead atoms. The molecule has 1 amide bonds. The predicted molar refractivity (Wildman–Crippen MR) is 69.2 cm³/mol. The van der Waals surface area contributed by atoms with Gasteiger partial charge in [-0.2, -0.15) is 0 Å². The van der Waals surface area contributed by atoms with Gasteiger partial charge in [0.15, 0.2) is 0 Å². The summed E-state index contributed by atoms with van der Waals surface area (Å²) in [6.07, 6.45) is 6.46. The van der Waals surface area contributed by atoms with Gasteiger partial charge in [-0.3, -0.25) is 4.79 Å². The molecule has 3 rings (SSSR count). The zero-order valence-corrected chi connectivity index (χ0v) is 11.0. The Morgan fingerprint density at radius 2 is 1.89 bits per heavy atom. The fraction of sp³-hybridized carbons (Fsp3) is 0.929. The molecule has 4 heteroatoms. The maximum Gasteiger partial charge on any atom is 0.223 e. The van der Waals surface area contributed by atoms with E-state index in [1.54, 1.807) is 0 Å². The monoisotopic (exact) mass is 252 g/mol. The number of carbonyl (C=O) groups is 1. The van der Waals surface area contributed by atoms with Gasteiger partial charge in [-0.15, -0.1) is 0 Å². The van der Waals surface area contributed by atoms with E-state index < -0.39 is 0 Å². The third-order valence-corrected chi connectivity index (χ3v) is 4.75. The smallest absolute Gasteiger partial charge is 0.223 e. The Hall–Kier alpha value is -0.610. The molecule has 4 nitrogen and oxygen atoms in total. The molecule has 2 unspecified atom stereocenters. The van der Waals surface area contributed by atoms with Gasteiger partial charge in [-0.1, -0.05) is 6.42 Å². The van der Waals surface area contributed by atoms with Crippen molar-refractivity contribution in [1.82, 2.24) is 10.6 Å². The molecule has 0 spiro atoms. The second kappa shape index (κ2) is 5.57. The van der Waals surface area contributed by atoms with Crippen LogP contribution in [-0.2, 0) is 9.53 Å². The van der Waals surface area contributed by atoms with Crippen LogP contribution in [0.15, 0.2) is 0 Å². The highest BCUT2D eigenvalue weighted by molar-refractivity contribution is 5.82. The second-order valence-corrected chi connectivity index (χ2v) is 5.90. The molecule has 2 saturated carbocycles. The van der Waals surface area contributed by atoms with Crippen LogP contribution in [0.25, 0.3) is 0 Å². The highest BCUT2D eigenvalue weighted by Crippen LogP contribution is 2.57. The molecule has 3 fully saturated rings. The first-order valence-electron chi connectivity index (χ1n) is 7.46. The lowest BCUT2D eigenvalue weighted by Crippen LogP contribution is -2.35. The van der Waals surface area contributed by atoms with E-state index in [0.29, 0.717) is 25.2 Å². The number of piperidine rings is 1. The molecule has 2 aliphatic carbocycles. The number of carbonyl (C=O) groups excluding carboxylic acids is 1. The summed E-state index contributed by atoms with van der Waals surface area (Å²) in [5.74, 6) is 2.06. The van der Waals surface area contributed by atoms with Crippen molar-refractivity contribution in [3.8, 4) is 0 Å². The molecule has 2 N–H and O–H groups in total. The standard InChI is InChI=1S/C14H24N2O2/c17-14(13-11-2-1-3-12(11)13)16-8-9-18-10-4-6-15-7-5-10/h10-13,15H,1-9H2,(H,16,17). The van der Waals surface area contributed by atoms with Gasteiger partial charge in [0.2, 0.25) is 5.91 Å². The Kier molecular flexibility index (Phi) is 3.85. The van der Waals surface area contributed by atoms with Gasteiger partial charge in [-0.05, 0) is 50.6 Å². The summed E-state index contributed by atoms with van der Waals surface area (Å²) < 4.78 is 5.77. The first kappa shape index (κ1) is 12.4. The van der Waals surface area contributed by atoms with Crippen LogP contribution in [-0.4, -0.2) is 38.3 Å². The fourth-order valence-electron chi connectivity index (χ4n) is 3.69. The summed E-state index contributed by atoms with van der Waals surface area (Å²) in [5.41, 5.74) is 0. The summed E-state index contributed by atoms with van der Waals surface area (Å²) >= 11 is 0. The maximum absolute atomic E-state index is 11.9. The molecule has 1 heterocycles. The van der Waals surface area contributed by atoms with Crippen LogP contribution in [0.4, 0.5) is 0 Å². The average molecular weight is 252 g/mol. The van der Waals surface area contributed by atoms with E-state index >= 15 is 0 Å². The molecule has 1 aliphatic heterocycles. The van der Waals surface area contributed by atoms with Crippen molar-refractivity contribution in [2.24, 2.45) is 17.8 Å². The predicted octanol–water partition coefficient (Wildman–Crippen LogP) is 0.917. The van der Waals surface area contributed by atoms with Crippen LogP contribution in [0.3, 0.4) is 0 Å². The van der Waals surface area contributed by atoms with E-state index in [9.17, 15) is 4.79 Å². The lowest BCUT2D eigenvalue weighted by atomic mass is 10.1. The van der Waals surface area contributed by atoms with E-state index in [0.717, 1.165) is 37.8 Å². The van der Waals surface area contributed by atoms with E-state index in [-0.39, 0.29) is 5.91 Å². The highest BCUT2D eigenvalue weighted by Gasteiger charge is 2.56. The molecule has 1 saturated heterocycles. The van der Waals surface area contributed by atoms with Crippen molar-refractivity contribution in [1.29, 1.82) is 0 Å². The first-order valence-corrected chi connectivity index (χ1v) is 7.46. The van der Waals surface area contributed by atoms with Crippen LogP contribution in [0.2, 0.25) is 0 Å². The number of hydrogen-bond donors (Lipinski definition) is 2. The Balaban J connectivity index is 1.27. The Morgan fingerprint density at radius 1 is 1.17 bits per heavy atom. The van der Waals surface area contributed by atoms with Crippen LogP contribution in [0, 0.1) is 17.8 Å². The van der Waals surface area contributed by atoms with Crippen molar-refractivity contribution in [3.05, 3.63) is 0 Å². The molecule has 3 aliphatic rings. The molecule has 102 valence electrons. The Labute approximate surface area is 109 Å². The zero-order valence-electron chi connectivity index (χ0n) is 11.0. The Morgan fingerprint density at radius 3 is 2.61 bits per heavy atom. The number of hydrogen-bond acceptors (Lipinski definition) is 3. The SMILES string of the molecule is O=C(NCCOC1CCNCC1)C1C2CCCC21. The summed E-state index contributed by atoms with van der Waals surface area (Å²) in [7, 11) is 0. The van der Waals surface area contributed by atoms with E-state index in [2.05, 4.69) is 10.6 Å². The van der Waals surface area contributed by atoms with Crippen molar-refractivity contribution in [2.75, 3.05) is 26.2 Å². The van der Waals surface area contributed by atoms with Gasteiger partial charge < -0.3 is 15.4 Å². The first-order chi connectivity index (χ1) is 8.86. The molecule has 18 heavy (non-hydrogen) atoms. The van der Waals surface area contributed by atoms with Gasteiger partial charge in [-0.25, -0.2) is 0 Å². The van der Waals surface area contributed by atoms with Gasteiger partial charge in [0.25, 0.3) is 0 Å². The van der Waals surface area contributed by atoms with Crippen molar-refractivity contribution in [2.45, 2.75) is 38.2 Å². The molecule has 2 atom stereocenters. The molecule has 0 radical (unpaired) electrons. The lowest BCUT2D eigenvalue weighted by molar-refractivity contribution is -0.123. The van der Waals surface area contributed by atoms with Crippen LogP contribution in [0.5, 0.6) is 0 Å². The van der Waals surface area contributed by atoms with Gasteiger partial charge in [0, 0.05) is 12.5 Å². The van der Waals surface area contributed by atoms with E-state index in [1.165, 1.54) is 19.3 Å². The number of fused-ring (bicyclic) bond motifs is 1. The quantitative estimate of drug-likeness (QED) is 0.715. The summed E-state index contributed by atoms with van der Waals surface area (Å²) in [5, 5.41) is 6.35. The summed E-state index contributed by atoms with van der Waals surface area (Å²) in [6.45, 7) is 3.46. The maximum atomic E-state index is 11.9. The van der Waals surface area contributed by atoms with Crippen LogP contribution < -0.4 is 10.6 Å². The molecule has 0 aromatic heterocycles. The summed E-state index contributed by atoms with van der Waals surface area (Å²) in [6, 6.07) is 0. The lowest BCUT2D eigenvalue weighted by Gasteiger charge is -2.23. The topological polar surface area (TPSA) is 50.4 Å². The average Bonchev–Trinajstić information content (AvgIpc) is 2.89. The van der Waals surface area contributed by atoms with Crippen LogP contribution in [0.1, 0.15) is 32.1 Å². The Bertz CT molecular complexity index is 292. The number of rotatable bonds is 5. The van der Waals surface area contributed by atoms with Gasteiger partial charge in [0.05, 0.1) is 12.7 Å². The minimum Gasteiger partial charge on any atom is -0.376 e. The van der Waals surface area contributed by atoms with Crippen molar-refractivity contribution < 1.29 is 9.53 Å². The van der Waals surface area contributed by atoms with Crippen molar-refractivity contribution in [3.63, 3.8) is 0 Å². The fourth-order valence-corrected chi connectivity index (χ4v) is 3.69. The molecule has 0 aromatic carbocycles. The molecule has 0 aromatic rings. The van der Waals surface area contributed by atoms with E-state index in [1.807, 2.05) is 0 Å². The third-order valence-electron chi connectivity index (χ3n) is 4.75. The highest BCUT2D eigenvalue weighted by atomic mass is 16.5. The van der Waals surface area contributed by atoms with E-state index in [4.69, 9.17) is 4.74 Å². The third kappa shape index (κ3) is 2.69. The normalized spacial score (nSPS) is 35.2. The molecular weight excluding hydrogens is 228 g/mol. The minimum absolute atomic E-state index is 0.276. The van der Waals surface area contributed by atoms with Gasteiger partial charge in [0.1, 0.15) is 0 Å². The summed E-state index contributed by atoms with van der Waals surface area (Å²) in [4.78, 5) is 11.9. The number of ether oxygens (including phenoxy) is 1. The number of nitrogens with one attached hydrogen (secondary N) is 2. The van der Waals surface area contributed by atoms with Gasteiger partial charge >= 0.3 is 0 Å².